The van der Waals surface area contributed by atoms with Crippen LogP contribution in [-0.4, -0.2) is 34.2 Å². The van der Waals surface area contributed by atoms with E-state index in [2.05, 4.69) is 46.9 Å². The minimum absolute atomic E-state index is 0.00773. The van der Waals surface area contributed by atoms with E-state index >= 15 is 0 Å². The third-order valence-electron chi connectivity index (χ3n) is 2.58. The molecule has 0 aromatic carbocycles. The van der Waals surface area contributed by atoms with Gasteiger partial charge in [-0.1, -0.05) is 5.10 Å². The predicted molar refractivity (Wildman–Crippen MR) is 70.5 cm³/mol. The van der Waals surface area contributed by atoms with Crippen LogP contribution in [0.4, 0.5) is 6.01 Å². The van der Waals surface area contributed by atoms with Gasteiger partial charge in [-0.2, -0.15) is 0 Å². The SMILES string of the molecule is CC(C)(C)NCc1nnc(NCC(=O)NC2CC2)o1. The van der Waals surface area contributed by atoms with Gasteiger partial charge in [-0.3, -0.25) is 4.79 Å². The average molecular weight is 267 g/mol. The summed E-state index contributed by atoms with van der Waals surface area (Å²) in [5, 5.41) is 16.7. The maximum Gasteiger partial charge on any atom is 0.315 e. The Labute approximate surface area is 112 Å². The molecule has 3 N–H and O–H groups in total. The fourth-order valence-electron chi connectivity index (χ4n) is 1.40. The lowest BCUT2D eigenvalue weighted by molar-refractivity contribution is -0.119. The minimum Gasteiger partial charge on any atom is -0.407 e. The summed E-state index contributed by atoms with van der Waals surface area (Å²) in [6, 6.07) is 0.639. The summed E-state index contributed by atoms with van der Waals surface area (Å²) in [5.74, 6) is 0.454. The van der Waals surface area contributed by atoms with E-state index in [1.54, 1.807) is 0 Å². The fraction of sp³-hybridized carbons (Fsp3) is 0.750. The van der Waals surface area contributed by atoms with Crippen LogP contribution in [0.15, 0.2) is 4.42 Å². The summed E-state index contributed by atoms with van der Waals surface area (Å²) in [4.78, 5) is 11.5. The summed E-state index contributed by atoms with van der Waals surface area (Å²) >= 11 is 0. The third kappa shape index (κ3) is 5.25. The van der Waals surface area contributed by atoms with E-state index in [9.17, 15) is 4.79 Å². The highest BCUT2D eigenvalue weighted by atomic mass is 16.4. The van der Waals surface area contributed by atoms with Gasteiger partial charge < -0.3 is 20.4 Å². The zero-order valence-corrected chi connectivity index (χ0v) is 11.6. The highest BCUT2D eigenvalue weighted by Crippen LogP contribution is 2.18. The second-order valence-electron chi connectivity index (χ2n) is 5.80. The van der Waals surface area contributed by atoms with Gasteiger partial charge in [0.2, 0.25) is 11.8 Å². The predicted octanol–water partition coefficient (Wildman–Crippen LogP) is 0.648. The Morgan fingerprint density at radius 2 is 2.11 bits per heavy atom. The zero-order chi connectivity index (χ0) is 13.9. The molecule has 0 aliphatic heterocycles. The van der Waals surface area contributed by atoms with E-state index in [0.717, 1.165) is 12.8 Å². The van der Waals surface area contributed by atoms with E-state index in [1.165, 1.54) is 0 Å². The number of anilines is 1. The van der Waals surface area contributed by atoms with Crippen molar-refractivity contribution >= 4 is 11.9 Å². The van der Waals surface area contributed by atoms with Crippen LogP contribution in [0.25, 0.3) is 0 Å². The van der Waals surface area contributed by atoms with Crippen LogP contribution in [0, 0.1) is 0 Å². The summed E-state index contributed by atoms with van der Waals surface area (Å²) in [5.41, 5.74) is -0.00773. The number of nitrogens with one attached hydrogen (secondary N) is 3. The van der Waals surface area contributed by atoms with Crippen molar-refractivity contribution in [2.45, 2.75) is 51.7 Å². The van der Waals surface area contributed by atoms with E-state index < -0.39 is 0 Å². The van der Waals surface area contributed by atoms with Gasteiger partial charge in [-0.25, -0.2) is 0 Å². The van der Waals surface area contributed by atoms with Gasteiger partial charge in [0.25, 0.3) is 0 Å². The van der Waals surface area contributed by atoms with Gasteiger partial charge in [-0.05, 0) is 33.6 Å². The first-order valence-electron chi connectivity index (χ1n) is 6.53. The number of carbonyl (C=O) groups excluding carboxylic acids is 1. The van der Waals surface area contributed by atoms with Crippen molar-refractivity contribution in [2.24, 2.45) is 0 Å². The molecule has 19 heavy (non-hydrogen) atoms. The molecular formula is C12H21N5O2. The Morgan fingerprint density at radius 3 is 2.74 bits per heavy atom. The van der Waals surface area contributed by atoms with Crippen molar-refractivity contribution < 1.29 is 9.21 Å². The summed E-state index contributed by atoms with van der Waals surface area (Å²) in [6.07, 6.45) is 2.16. The smallest absolute Gasteiger partial charge is 0.315 e. The van der Waals surface area contributed by atoms with Gasteiger partial charge >= 0.3 is 6.01 Å². The normalized spacial score (nSPS) is 15.3. The van der Waals surface area contributed by atoms with Crippen molar-refractivity contribution in [1.82, 2.24) is 20.8 Å². The van der Waals surface area contributed by atoms with E-state index in [4.69, 9.17) is 4.42 Å². The molecule has 1 fully saturated rings. The van der Waals surface area contributed by atoms with E-state index in [-0.39, 0.29) is 24.0 Å². The molecule has 1 amide bonds. The topological polar surface area (TPSA) is 92.1 Å². The Kier molecular flexibility index (Phi) is 4.04. The molecule has 7 heteroatoms. The lowest BCUT2D eigenvalue weighted by Crippen LogP contribution is -2.35. The lowest BCUT2D eigenvalue weighted by Gasteiger charge is -2.18. The van der Waals surface area contributed by atoms with Crippen LogP contribution in [0.3, 0.4) is 0 Å². The molecule has 0 radical (unpaired) electrons. The highest BCUT2D eigenvalue weighted by molar-refractivity contribution is 5.80. The largest absolute Gasteiger partial charge is 0.407 e. The maximum absolute atomic E-state index is 11.5. The van der Waals surface area contributed by atoms with Crippen LogP contribution in [0.5, 0.6) is 0 Å². The number of hydrogen-bond acceptors (Lipinski definition) is 6. The molecule has 1 aliphatic rings. The first kappa shape index (κ1) is 13.8. The van der Waals surface area contributed by atoms with Gasteiger partial charge in [0.1, 0.15) is 0 Å². The molecule has 0 unspecified atom stereocenters. The second-order valence-corrected chi connectivity index (χ2v) is 5.80. The van der Waals surface area contributed by atoms with Crippen LogP contribution in [0.2, 0.25) is 0 Å². The van der Waals surface area contributed by atoms with Gasteiger partial charge in [0.05, 0.1) is 13.1 Å². The summed E-state index contributed by atoms with van der Waals surface area (Å²) < 4.78 is 5.37. The number of amides is 1. The molecular weight excluding hydrogens is 246 g/mol. The Bertz CT molecular complexity index is 434. The first-order valence-corrected chi connectivity index (χ1v) is 6.53. The molecule has 0 atom stereocenters. The Balaban J connectivity index is 1.72. The number of carbonyl (C=O) groups is 1. The molecule has 0 spiro atoms. The standard InChI is InChI=1S/C12H21N5O2/c1-12(2,3)14-7-10-16-17-11(19-10)13-6-9(18)15-8-4-5-8/h8,14H,4-7H2,1-3H3,(H,13,17)(H,15,18). The van der Waals surface area contributed by atoms with Crippen molar-refractivity contribution in [3.63, 3.8) is 0 Å². The van der Waals surface area contributed by atoms with Gasteiger partial charge in [-0.15, -0.1) is 5.10 Å². The fourth-order valence-corrected chi connectivity index (χ4v) is 1.40. The summed E-state index contributed by atoms with van der Waals surface area (Å²) in [6.45, 7) is 6.84. The number of hydrogen-bond donors (Lipinski definition) is 3. The third-order valence-corrected chi connectivity index (χ3v) is 2.58. The molecule has 2 rings (SSSR count). The van der Waals surface area contributed by atoms with Crippen LogP contribution in [0.1, 0.15) is 39.5 Å². The molecule has 1 heterocycles. The van der Waals surface area contributed by atoms with Crippen molar-refractivity contribution in [3.05, 3.63) is 5.89 Å². The van der Waals surface area contributed by atoms with Crippen LogP contribution < -0.4 is 16.0 Å². The molecule has 1 aromatic heterocycles. The number of rotatable bonds is 6. The Hall–Kier alpha value is -1.63. The first-order chi connectivity index (χ1) is 8.92. The quantitative estimate of drug-likeness (QED) is 0.701. The summed E-state index contributed by atoms with van der Waals surface area (Å²) in [7, 11) is 0. The maximum atomic E-state index is 11.5. The highest BCUT2D eigenvalue weighted by Gasteiger charge is 2.23. The number of nitrogens with zero attached hydrogens (tertiary/aromatic N) is 2. The molecule has 106 valence electrons. The van der Waals surface area contributed by atoms with E-state index in [1.807, 2.05) is 0 Å². The zero-order valence-electron chi connectivity index (χ0n) is 11.6. The molecule has 1 aliphatic carbocycles. The van der Waals surface area contributed by atoms with Gasteiger partial charge in [0, 0.05) is 11.6 Å². The average Bonchev–Trinajstić information content (AvgIpc) is 3.00. The molecule has 1 aromatic rings. The van der Waals surface area contributed by atoms with Crippen LogP contribution in [-0.2, 0) is 11.3 Å². The molecule has 7 nitrogen and oxygen atoms in total. The van der Waals surface area contributed by atoms with Crippen LogP contribution >= 0.6 is 0 Å². The van der Waals surface area contributed by atoms with E-state index in [0.29, 0.717) is 18.5 Å². The minimum atomic E-state index is -0.0462. The number of aromatic nitrogens is 2. The molecule has 0 bridgehead atoms. The Morgan fingerprint density at radius 1 is 1.37 bits per heavy atom. The second kappa shape index (κ2) is 5.56. The van der Waals surface area contributed by atoms with Crippen molar-refractivity contribution in [1.29, 1.82) is 0 Å². The molecule has 1 saturated carbocycles. The molecule has 0 saturated heterocycles. The van der Waals surface area contributed by atoms with Gasteiger partial charge in [0.15, 0.2) is 0 Å². The van der Waals surface area contributed by atoms with Crippen molar-refractivity contribution in [3.8, 4) is 0 Å². The lowest BCUT2D eigenvalue weighted by atomic mass is 10.1. The van der Waals surface area contributed by atoms with Crippen molar-refractivity contribution in [2.75, 3.05) is 11.9 Å². The monoisotopic (exact) mass is 267 g/mol.